The largest absolute Gasteiger partial charge is 0.488 e. The molecule has 0 aliphatic heterocycles. The number of hydrogen-bond acceptors (Lipinski definition) is 3. The van der Waals surface area contributed by atoms with E-state index in [1.807, 2.05) is 54.6 Å². The van der Waals surface area contributed by atoms with Crippen LogP contribution in [0.1, 0.15) is 12.8 Å². The Morgan fingerprint density at radius 3 is 1.94 bits per heavy atom. The number of benzene rings is 2. The van der Waals surface area contributed by atoms with Crippen molar-refractivity contribution in [1.29, 1.82) is 0 Å². The van der Waals surface area contributed by atoms with Crippen LogP contribution in [-0.4, -0.2) is 6.10 Å². The lowest BCUT2D eigenvalue weighted by atomic mass is 10.3. The van der Waals surface area contributed by atoms with Crippen LogP contribution in [0.15, 0.2) is 54.6 Å². The van der Waals surface area contributed by atoms with Crippen LogP contribution in [0.5, 0.6) is 5.75 Å². The molecule has 4 N–H and O–H groups in total. The van der Waals surface area contributed by atoms with E-state index in [0.29, 0.717) is 6.10 Å². The lowest BCUT2D eigenvalue weighted by Crippen LogP contribution is -1.98. The van der Waals surface area contributed by atoms with Crippen LogP contribution in [0, 0.1) is 0 Å². The van der Waals surface area contributed by atoms with E-state index < -0.39 is 0 Å². The van der Waals surface area contributed by atoms with E-state index in [4.69, 9.17) is 16.2 Å². The lowest BCUT2D eigenvalue weighted by molar-refractivity contribution is 0.305. The Hall–Kier alpha value is -2.16. The molecule has 1 aliphatic rings. The standard InChI is InChI=1S/C9H11NO.C6H7N/c10-8-3-1-2-4-9(8)11-7-5-6-7;7-6-4-2-1-3-5-6/h1-4,7H,5-6,10H2;1-5H,7H2. The molecule has 94 valence electrons. The summed E-state index contributed by atoms with van der Waals surface area (Å²) in [5.74, 6) is 0.829. The quantitative estimate of drug-likeness (QED) is 0.795. The molecule has 1 saturated carbocycles. The van der Waals surface area contributed by atoms with E-state index in [0.717, 1.165) is 17.1 Å². The summed E-state index contributed by atoms with van der Waals surface area (Å²) in [6.07, 6.45) is 2.78. The van der Waals surface area contributed by atoms with Crippen molar-refractivity contribution in [2.75, 3.05) is 11.5 Å². The number of ether oxygens (including phenoxy) is 1. The van der Waals surface area contributed by atoms with Gasteiger partial charge in [0.2, 0.25) is 0 Å². The van der Waals surface area contributed by atoms with E-state index in [1.54, 1.807) is 0 Å². The minimum Gasteiger partial charge on any atom is -0.488 e. The maximum absolute atomic E-state index is 5.67. The highest BCUT2D eigenvalue weighted by Crippen LogP contribution is 2.29. The van der Waals surface area contributed by atoms with Crippen molar-refractivity contribution >= 4 is 11.4 Å². The molecular weight excluding hydrogens is 224 g/mol. The van der Waals surface area contributed by atoms with Crippen molar-refractivity contribution in [1.82, 2.24) is 0 Å². The van der Waals surface area contributed by atoms with Crippen molar-refractivity contribution in [2.24, 2.45) is 0 Å². The van der Waals surface area contributed by atoms with Crippen LogP contribution >= 0.6 is 0 Å². The first kappa shape index (κ1) is 12.3. The van der Waals surface area contributed by atoms with Crippen LogP contribution in [-0.2, 0) is 0 Å². The van der Waals surface area contributed by atoms with Gasteiger partial charge < -0.3 is 16.2 Å². The van der Waals surface area contributed by atoms with Gasteiger partial charge in [0.05, 0.1) is 11.8 Å². The summed E-state index contributed by atoms with van der Waals surface area (Å²) in [6.45, 7) is 0. The van der Waals surface area contributed by atoms with E-state index in [-0.39, 0.29) is 0 Å². The second kappa shape index (κ2) is 5.96. The zero-order valence-corrected chi connectivity index (χ0v) is 10.3. The number of hydrogen-bond donors (Lipinski definition) is 2. The third-order valence-corrected chi connectivity index (χ3v) is 2.54. The van der Waals surface area contributed by atoms with E-state index in [2.05, 4.69) is 0 Å². The minimum absolute atomic E-state index is 0.430. The highest BCUT2D eigenvalue weighted by molar-refractivity contribution is 5.52. The van der Waals surface area contributed by atoms with Crippen LogP contribution in [0.25, 0.3) is 0 Å². The number of para-hydroxylation sites is 3. The molecule has 0 heterocycles. The van der Waals surface area contributed by atoms with Gasteiger partial charge in [-0.3, -0.25) is 0 Å². The Kier molecular flexibility index (Phi) is 4.07. The fourth-order valence-corrected chi connectivity index (χ4v) is 1.41. The monoisotopic (exact) mass is 242 g/mol. The molecule has 0 unspecified atom stereocenters. The molecule has 3 rings (SSSR count). The van der Waals surface area contributed by atoms with Gasteiger partial charge in [0.15, 0.2) is 0 Å². The van der Waals surface area contributed by atoms with E-state index in [1.165, 1.54) is 12.8 Å². The molecule has 0 amide bonds. The topological polar surface area (TPSA) is 61.3 Å². The molecule has 18 heavy (non-hydrogen) atoms. The van der Waals surface area contributed by atoms with Crippen molar-refractivity contribution in [2.45, 2.75) is 18.9 Å². The molecule has 0 saturated heterocycles. The number of nitrogens with two attached hydrogens (primary N) is 2. The number of nitrogen functional groups attached to an aromatic ring is 2. The average molecular weight is 242 g/mol. The molecule has 1 aliphatic carbocycles. The maximum atomic E-state index is 5.67. The predicted molar refractivity (Wildman–Crippen MR) is 75.4 cm³/mol. The SMILES string of the molecule is Nc1ccccc1.Nc1ccccc1OC1CC1. The first-order valence-corrected chi connectivity index (χ1v) is 6.07. The van der Waals surface area contributed by atoms with Crippen molar-refractivity contribution in [3.63, 3.8) is 0 Å². The van der Waals surface area contributed by atoms with Crippen molar-refractivity contribution in [3.05, 3.63) is 54.6 Å². The Morgan fingerprint density at radius 1 is 0.833 bits per heavy atom. The second-order valence-electron chi connectivity index (χ2n) is 4.27. The number of rotatable bonds is 2. The summed E-state index contributed by atoms with van der Waals surface area (Å²) in [4.78, 5) is 0. The van der Waals surface area contributed by atoms with Gasteiger partial charge in [-0.25, -0.2) is 0 Å². The second-order valence-corrected chi connectivity index (χ2v) is 4.27. The van der Waals surface area contributed by atoms with Gasteiger partial charge in [-0.05, 0) is 37.1 Å². The van der Waals surface area contributed by atoms with Gasteiger partial charge >= 0.3 is 0 Å². The molecule has 0 atom stereocenters. The summed E-state index contributed by atoms with van der Waals surface area (Å²) < 4.78 is 5.53. The summed E-state index contributed by atoms with van der Waals surface area (Å²) in [5.41, 5.74) is 12.6. The first-order valence-electron chi connectivity index (χ1n) is 6.07. The predicted octanol–water partition coefficient (Wildman–Crippen LogP) is 3.08. The first-order chi connectivity index (χ1) is 8.75. The molecule has 1 fully saturated rings. The molecule has 0 aromatic heterocycles. The third kappa shape index (κ3) is 4.01. The normalized spacial score (nSPS) is 13.3. The third-order valence-electron chi connectivity index (χ3n) is 2.54. The Bertz CT molecular complexity index is 481. The highest BCUT2D eigenvalue weighted by atomic mass is 16.5. The van der Waals surface area contributed by atoms with Gasteiger partial charge in [0.1, 0.15) is 5.75 Å². The minimum atomic E-state index is 0.430. The molecule has 0 bridgehead atoms. The molecular formula is C15H18N2O. The van der Waals surface area contributed by atoms with Crippen LogP contribution in [0.4, 0.5) is 11.4 Å². The molecule has 0 radical (unpaired) electrons. The molecule has 0 spiro atoms. The summed E-state index contributed by atoms with van der Waals surface area (Å²) in [6, 6.07) is 17.1. The van der Waals surface area contributed by atoms with Crippen LogP contribution in [0.3, 0.4) is 0 Å². The summed E-state index contributed by atoms with van der Waals surface area (Å²) in [5, 5.41) is 0. The lowest BCUT2D eigenvalue weighted by Gasteiger charge is -2.05. The van der Waals surface area contributed by atoms with E-state index >= 15 is 0 Å². The van der Waals surface area contributed by atoms with Crippen LogP contribution < -0.4 is 16.2 Å². The van der Waals surface area contributed by atoms with Crippen molar-refractivity contribution < 1.29 is 4.74 Å². The van der Waals surface area contributed by atoms with Crippen LogP contribution in [0.2, 0.25) is 0 Å². The van der Waals surface area contributed by atoms with Gasteiger partial charge in [-0.1, -0.05) is 30.3 Å². The smallest absolute Gasteiger partial charge is 0.142 e. The Labute approximate surface area is 107 Å². The zero-order chi connectivity index (χ0) is 12.8. The number of anilines is 2. The summed E-state index contributed by atoms with van der Waals surface area (Å²) >= 11 is 0. The van der Waals surface area contributed by atoms with E-state index in [9.17, 15) is 0 Å². The van der Waals surface area contributed by atoms with Crippen molar-refractivity contribution in [3.8, 4) is 5.75 Å². The maximum Gasteiger partial charge on any atom is 0.142 e. The Balaban J connectivity index is 0.000000149. The molecule has 2 aromatic rings. The zero-order valence-electron chi connectivity index (χ0n) is 10.3. The van der Waals surface area contributed by atoms with Gasteiger partial charge in [0.25, 0.3) is 0 Å². The molecule has 2 aromatic carbocycles. The fraction of sp³-hybridized carbons (Fsp3) is 0.200. The fourth-order valence-electron chi connectivity index (χ4n) is 1.41. The van der Waals surface area contributed by atoms with Gasteiger partial charge in [-0.2, -0.15) is 0 Å². The average Bonchev–Trinajstić information content (AvgIpc) is 3.18. The van der Waals surface area contributed by atoms with Gasteiger partial charge in [-0.15, -0.1) is 0 Å². The molecule has 3 heteroatoms. The Morgan fingerprint density at radius 2 is 1.44 bits per heavy atom. The highest BCUT2D eigenvalue weighted by Gasteiger charge is 2.23. The van der Waals surface area contributed by atoms with Gasteiger partial charge in [0, 0.05) is 5.69 Å². The summed E-state index contributed by atoms with van der Waals surface area (Å²) in [7, 11) is 0. The molecule has 3 nitrogen and oxygen atoms in total.